The predicted octanol–water partition coefficient (Wildman–Crippen LogP) is 3.24. The molecule has 1 saturated carbocycles. The zero-order valence-electron chi connectivity index (χ0n) is 12.2. The summed E-state index contributed by atoms with van der Waals surface area (Å²) in [4.78, 5) is 4.61. The van der Waals surface area contributed by atoms with Crippen molar-refractivity contribution in [3.05, 3.63) is 34.9 Å². The Kier molecular flexibility index (Phi) is 6.19. The first-order valence-electron chi connectivity index (χ1n) is 7.54. The van der Waals surface area contributed by atoms with E-state index < -0.39 is 0 Å². The fourth-order valence-corrected chi connectivity index (χ4v) is 2.14. The Labute approximate surface area is 126 Å². The molecule has 1 aromatic rings. The van der Waals surface area contributed by atoms with E-state index in [4.69, 9.17) is 11.6 Å². The summed E-state index contributed by atoms with van der Waals surface area (Å²) in [6.45, 7) is 4.92. The van der Waals surface area contributed by atoms with E-state index in [1.165, 1.54) is 18.4 Å². The number of rotatable bonds is 7. The van der Waals surface area contributed by atoms with Crippen LogP contribution < -0.4 is 10.6 Å². The van der Waals surface area contributed by atoms with E-state index in [0.29, 0.717) is 0 Å². The molecule has 0 unspecified atom stereocenters. The molecule has 0 amide bonds. The van der Waals surface area contributed by atoms with Crippen molar-refractivity contribution in [2.24, 2.45) is 10.9 Å². The van der Waals surface area contributed by atoms with Crippen LogP contribution in [0.2, 0.25) is 5.02 Å². The predicted molar refractivity (Wildman–Crippen MR) is 86.5 cm³/mol. The highest BCUT2D eigenvalue weighted by Gasteiger charge is 2.20. The van der Waals surface area contributed by atoms with Gasteiger partial charge in [-0.1, -0.05) is 23.7 Å². The number of nitrogens with zero attached hydrogens (tertiary/aromatic N) is 1. The third-order valence-corrected chi connectivity index (χ3v) is 3.65. The van der Waals surface area contributed by atoms with E-state index in [1.807, 2.05) is 12.1 Å². The molecule has 0 heterocycles. The van der Waals surface area contributed by atoms with Crippen molar-refractivity contribution >= 4 is 17.6 Å². The standard InChI is InChI=1S/C16H24ClN3/c1-2-18-16(20-12-14-5-6-14)19-11-3-4-13-7-9-15(17)10-8-13/h7-10,14H,2-6,11-12H2,1H3,(H2,18,19,20). The van der Waals surface area contributed by atoms with Gasteiger partial charge in [-0.2, -0.15) is 0 Å². The minimum atomic E-state index is 0.800. The van der Waals surface area contributed by atoms with Gasteiger partial charge in [0.05, 0.1) is 0 Å². The Bertz CT molecular complexity index is 424. The Morgan fingerprint density at radius 1 is 1.25 bits per heavy atom. The first-order valence-corrected chi connectivity index (χ1v) is 7.92. The van der Waals surface area contributed by atoms with Gasteiger partial charge in [-0.15, -0.1) is 0 Å². The van der Waals surface area contributed by atoms with E-state index in [9.17, 15) is 0 Å². The summed E-state index contributed by atoms with van der Waals surface area (Å²) in [5.41, 5.74) is 1.33. The molecule has 0 saturated heterocycles. The molecule has 110 valence electrons. The summed E-state index contributed by atoms with van der Waals surface area (Å²) in [6, 6.07) is 8.08. The third kappa shape index (κ3) is 5.83. The monoisotopic (exact) mass is 293 g/mol. The average Bonchev–Trinajstić information content (AvgIpc) is 3.27. The lowest BCUT2D eigenvalue weighted by molar-refractivity contribution is 0.736. The van der Waals surface area contributed by atoms with Crippen LogP contribution in [0.25, 0.3) is 0 Å². The summed E-state index contributed by atoms with van der Waals surface area (Å²) in [5.74, 6) is 1.79. The Balaban J connectivity index is 1.66. The first kappa shape index (κ1) is 15.2. The number of benzene rings is 1. The Hall–Kier alpha value is -1.22. The van der Waals surface area contributed by atoms with E-state index in [-0.39, 0.29) is 0 Å². The number of hydrogen-bond acceptors (Lipinski definition) is 1. The molecule has 2 N–H and O–H groups in total. The molecule has 0 radical (unpaired) electrons. The third-order valence-electron chi connectivity index (χ3n) is 3.40. The van der Waals surface area contributed by atoms with E-state index in [0.717, 1.165) is 49.4 Å². The number of guanidine groups is 1. The van der Waals surface area contributed by atoms with Gasteiger partial charge in [-0.25, -0.2) is 0 Å². The zero-order chi connectivity index (χ0) is 14.2. The molecule has 1 fully saturated rings. The number of aliphatic imine (C=N–C) groups is 1. The summed E-state index contributed by atoms with van der Waals surface area (Å²) in [6.07, 6.45) is 4.85. The summed E-state index contributed by atoms with van der Waals surface area (Å²) in [5, 5.41) is 7.49. The molecule has 1 aromatic carbocycles. The van der Waals surface area contributed by atoms with Crippen molar-refractivity contribution in [2.45, 2.75) is 32.6 Å². The molecular formula is C16H24ClN3. The molecule has 0 spiro atoms. The van der Waals surface area contributed by atoms with Crippen LogP contribution in [0.1, 0.15) is 31.7 Å². The van der Waals surface area contributed by atoms with Crippen LogP contribution >= 0.6 is 11.6 Å². The summed E-state index contributed by atoms with van der Waals surface area (Å²) in [7, 11) is 0. The minimum absolute atomic E-state index is 0.800. The van der Waals surface area contributed by atoms with E-state index >= 15 is 0 Å². The number of nitrogens with one attached hydrogen (secondary N) is 2. The molecule has 20 heavy (non-hydrogen) atoms. The lowest BCUT2D eigenvalue weighted by Gasteiger charge is -2.11. The number of aryl methyl sites for hydroxylation is 1. The maximum atomic E-state index is 5.88. The molecule has 0 aromatic heterocycles. The quantitative estimate of drug-likeness (QED) is 0.460. The lowest BCUT2D eigenvalue weighted by Crippen LogP contribution is -2.38. The van der Waals surface area contributed by atoms with Gasteiger partial charge in [-0.3, -0.25) is 4.99 Å². The second kappa shape index (κ2) is 8.15. The minimum Gasteiger partial charge on any atom is -0.357 e. The van der Waals surface area contributed by atoms with E-state index in [1.54, 1.807) is 0 Å². The van der Waals surface area contributed by atoms with Gasteiger partial charge in [0.2, 0.25) is 0 Å². The molecule has 0 bridgehead atoms. The van der Waals surface area contributed by atoms with Crippen LogP contribution in [0.4, 0.5) is 0 Å². The van der Waals surface area contributed by atoms with Crippen molar-refractivity contribution in [3.63, 3.8) is 0 Å². The lowest BCUT2D eigenvalue weighted by atomic mass is 10.1. The largest absolute Gasteiger partial charge is 0.357 e. The van der Waals surface area contributed by atoms with Crippen molar-refractivity contribution < 1.29 is 0 Å². The second-order valence-electron chi connectivity index (χ2n) is 5.32. The normalized spacial score (nSPS) is 15.2. The molecule has 4 heteroatoms. The van der Waals surface area contributed by atoms with Crippen molar-refractivity contribution in [3.8, 4) is 0 Å². The van der Waals surface area contributed by atoms with Gasteiger partial charge >= 0.3 is 0 Å². The SMILES string of the molecule is CCNC(=NCC1CC1)NCCCc1ccc(Cl)cc1. The van der Waals surface area contributed by atoms with Gasteiger partial charge in [-0.05, 0) is 56.2 Å². The van der Waals surface area contributed by atoms with Crippen molar-refractivity contribution in [2.75, 3.05) is 19.6 Å². The molecule has 0 aliphatic heterocycles. The van der Waals surface area contributed by atoms with Crippen LogP contribution in [0.3, 0.4) is 0 Å². The fraction of sp³-hybridized carbons (Fsp3) is 0.562. The number of halogens is 1. The topological polar surface area (TPSA) is 36.4 Å². The highest BCUT2D eigenvalue weighted by molar-refractivity contribution is 6.30. The smallest absolute Gasteiger partial charge is 0.191 e. The second-order valence-corrected chi connectivity index (χ2v) is 5.76. The highest BCUT2D eigenvalue weighted by atomic mass is 35.5. The van der Waals surface area contributed by atoms with Gasteiger partial charge in [0.25, 0.3) is 0 Å². The van der Waals surface area contributed by atoms with Crippen LogP contribution in [0.15, 0.2) is 29.3 Å². The fourth-order valence-electron chi connectivity index (χ4n) is 2.01. The molecule has 1 aliphatic rings. The Morgan fingerprint density at radius 2 is 2.00 bits per heavy atom. The van der Waals surface area contributed by atoms with Crippen molar-refractivity contribution in [1.82, 2.24) is 10.6 Å². The van der Waals surface area contributed by atoms with Gasteiger partial charge in [0.1, 0.15) is 0 Å². The van der Waals surface area contributed by atoms with Crippen LogP contribution in [0, 0.1) is 5.92 Å². The van der Waals surface area contributed by atoms with Crippen LogP contribution in [0.5, 0.6) is 0 Å². The average molecular weight is 294 g/mol. The Morgan fingerprint density at radius 3 is 2.65 bits per heavy atom. The number of hydrogen-bond donors (Lipinski definition) is 2. The van der Waals surface area contributed by atoms with Gasteiger partial charge in [0, 0.05) is 24.7 Å². The molecule has 3 nitrogen and oxygen atoms in total. The maximum Gasteiger partial charge on any atom is 0.191 e. The zero-order valence-corrected chi connectivity index (χ0v) is 12.9. The maximum absolute atomic E-state index is 5.88. The molecule has 2 rings (SSSR count). The van der Waals surface area contributed by atoms with Gasteiger partial charge in [0.15, 0.2) is 5.96 Å². The summed E-state index contributed by atoms with van der Waals surface area (Å²) < 4.78 is 0. The summed E-state index contributed by atoms with van der Waals surface area (Å²) >= 11 is 5.88. The molecule has 0 atom stereocenters. The van der Waals surface area contributed by atoms with E-state index in [2.05, 4.69) is 34.7 Å². The highest BCUT2D eigenvalue weighted by Crippen LogP contribution is 2.28. The molecular weight excluding hydrogens is 270 g/mol. The first-order chi connectivity index (χ1) is 9.78. The molecule has 1 aliphatic carbocycles. The van der Waals surface area contributed by atoms with Crippen LogP contribution in [-0.4, -0.2) is 25.6 Å². The van der Waals surface area contributed by atoms with Crippen molar-refractivity contribution in [1.29, 1.82) is 0 Å². The van der Waals surface area contributed by atoms with Crippen LogP contribution in [-0.2, 0) is 6.42 Å². The van der Waals surface area contributed by atoms with Gasteiger partial charge < -0.3 is 10.6 Å².